The zero-order valence-corrected chi connectivity index (χ0v) is 10.2. The molecule has 0 N–H and O–H groups in total. The summed E-state index contributed by atoms with van der Waals surface area (Å²) >= 11 is 0. The molecule has 102 valence electrons. The van der Waals surface area contributed by atoms with Crippen LogP contribution in [-0.4, -0.2) is 20.9 Å². The van der Waals surface area contributed by atoms with Crippen LogP contribution in [0.3, 0.4) is 0 Å². The summed E-state index contributed by atoms with van der Waals surface area (Å²) < 4.78 is 17.9. The van der Waals surface area contributed by atoms with Gasteiger partial charge in [0.25, 0.3) is 0 Å². The van der Waals surface area contributed by atoms with Crippen molar-refractivity contribution in [1.82, 2.24) is 9.97 Å². The van der Waals surface area contributed by atoms with Crippen molar-refractivity contribution in [3.05, 3.63) is 57.9 Å². The predicted molar refractivity (Wildman–Crippen MR) is 64.8 cm³/mol. The summed E-state index contributed by atoms with van der Waals surface area (Å²) in [5, 5.41) is 10.8. The number of esters is 1. The number of nitro benzene ring substituents is 1. The largest absolute Gasteiger partial charge is 0.414 e. The van der Waals surface area contributed by atoms with Crippen LogP contribution >= 0.6 is 0 Å². The van der Waals surface area contributed by atoms with E-state index in [1.54, 1.807) is 6.92 Å². The van der Waals surface area contributed by atoms with E-state index in [0.29, 0.717) is 5.69 Å². The van der Waals surface area contributed by atoms with Crippen LogP contribution in [0.4, 0.5) is 10.1 Å². The van der Waals surface area contributed by atoms with Crippen molar-refractivity contribution in [2.24, 2.45) is 0 Å². The molecule has 0 spiro atoms. The van der Waals surface area contributed by atoms with Crippen LogP contribution in [0, 0.1) is 22.9 Å². The van der Waals surface area contributed by atoms with E-state index in [4.69, 9.17) is 4.74 Å². The minimum Gasteiger partial charge on any atom is -0.414 e. The molecule has 1 aromatic carbocycles. The monoisotopic (exact) mass is 277 g/mol. The first-order chi connectivity index (χ1) is 9.47. The SMILES string of the molecule is Cc1cnc(C(=O)Oc2cc(F)ccc2[N+](=O)[O-])cn1. The van der Waals surface area contributed by atoms with Crippen LogP contribution in [-0.2, 0) is 0 Å². The van der Waals surface area contributed by atoms with Crippen molar-refractivity contribution in [2.75, 3.05) is 0 Å². The molecule has 0 aliphatic carbocycles. The fourth-order valence-electron chi connectivity index (χ4n) is 1.37. The van der Waals surface area contributed by atoms with Crippen molar-refractivity contribution in [3.8, 4) is 5.75 Å². The van der Waals surface area contributed by atoms with Crippen LogP contribution in [0.1, 0.15) is 16.2 Å². The molecule has 0 saturated carbocycles. The van der Waals surface area contributed by atoms with E-state index >= 15 is 0 Å². The van der Waals surface area contributed by atoms with Gasteiger partial charge < -0.3 is 4.74 Å². The number of hydrogen-bond donors (Lipinski definition) is 0. The smallest absolute Gasteiger partial charge is 0.364 e. The molecule has 0 amide bonds. The van der Waals surface area contributed by atoms with Crippen molar-refractivity contribution < 1.29 is 18.8 Å². The molecule has 7 nitrogen and oxygen atoms in total. The molecule has 0 atom stereocenters. The average Bonchev–Trinajstić information content (AvgIpc) is 2.39. The zero-order chi connectivity index (χ0) is 14.7. The number of carbonyl (C=O) groups excluding carboxylic acids is 1. The van der Waals surface area contributed by atoms with Crippen LogP contribution in [0.25, 0.3) is 0 Å². The predicted octanol–water partition coefficient (Wildman–Crippen LogP) is 2.05. The minimum atomic E-state index is -0.953. The minimum absolute atomic E-state index is 0.130. The van der Waals surface area contributed by atoms with Gasteiger partial charge in [-0.2, -0.15) is 0 Å². The molecule has 0 fully saturated rings. The van der Waals surface area contributed by atoms with E-state index < -0.39 is 28.1 Å². The Labute approximate surface area is 112 Å². The van der Waals surface area contributed by atoms with E-state index in [1.165, 1.54) is 12.4 Å². The fraction of sp³-hybridized carbons (Fsp3) is 0.0833. The van der Waals surface area contributed by atoms with Gasteiger partial charge in [-0.3, -0.25) is 15.1 Å². The van der Waals surface area contributed by atoms with Gasteiger partial charge >= 0.3 is 11.7 Å². The normalized spacial score (nSPS) is 10.1. The highest BCUT2D eigenvalue weighted by atomic mass is 19.1. The lowest BCUT2D eigenvalue weighted by atomic mass is 10.3. The number of hydrogen-bond acceptors (Lipinski definition) is 6. The lowest BCUT2D eigenvalue weighted by molar-refractivity contribution is -0.385. The van der Waals surface area contributed by atoms with Gasteiger partial charge in [0.1, 0.15) is 5.82 Å². The highest BCUT2D eigenvalue weighted by Crippen LogP contribution is 2.27. The first-order valence-corrected chi connectivity index (χ1v) is 5.42. The summed E-state index contributed by atoms with van der Waals surface area (Å²) in [5.41, 5.74) is -0.0488. The molecule has 8 heteroatoms. The van der Waals surface area contributed by atoms with Crippen molar-refractivity contribution >= 4 is 11.7 Å². The molecule has 0 aliphatic heterocycles. The summed E-state index contributed by atoms with van der Waals surface area (Å²) in [6, 6.07) is 2.58. The number of ether oxygens (including phenoxy) is 1. The number of nitrogens with zero attached hydrogens (tertiary/aromatic N) is 3. The molecular formula is C12H8FN3O4. The van der Waals surface area contributed by atoms with Gasteiger partial charge in [-0.15, -0.1) is 0 Å². The van der Waals surface area contributed by atoms with Gasteiger partial charge in [-0.05, 0) is 13.0 Å². The van der Waals surface area contributed by atoms with E-state index in [9.17, 15) is 19.3 Å². The first kappa shape index (κ1) is 13.5. The summed E-state index contributed by atoms with van der Waals surface area (Å²) in [7, 11) is 0. The number of benzene rings is 1. The third-order valence-electron chi connectivity index (χ3n) is 2.31. The van der Waals surface area contributed by atoms with Crippen molar-refractivity contribution in [3.63, 3.8) is 0 Å². The van der Waals surface area contributed by atoms with Crippen LogP contribution in [0.2, 0.25) is 0 Å². The molecule has 20 heavy (non-hydrogen) atoms. The lowest BCUT2D eigenvalue weighted by Gasteiger charge is -2.04. The molecule has 0 aliphatic rings. The van der Waals surface area contributed by atoms with Gasteiger partial charge in [-0.1, -0.05) is 0 Å². The Bertz CT molecular complexity index is 673. The van der Waals surface area contributed by atoms with Crippen LogP contribution < -0.4 is 4.74 Å². The Balaban J connectivity index is 2.29. The highest BCUT2D eigenvalue weighted by Gasteiger charge is 2.20. The Morgan fingerprint density at radius 2 is 2.10 bits per heavy atom. The van der Waals surface area contributed by atoms with Crippen LogP contribution in [0.5, 0.6) is 5.75 Å². The standard InChI is InChI=1S/C12H8FN3O4/c1-7-5-15-9(6-14-7)12(17)20-11-4-8(13)2-3-10(11)16(18)19/h2-6H,1H3. The second-order valence-corrected chi connectivity index (χ2v) is 3.80. The number of nitro groups is 1. The number of halogens is 1. The van der Waals surface area contributed by atoms with Crippen molar-refractivity contribution in [2.45, 2.75) is 6.92 Å². The molecule has 1 aromatic heterocycles. The molecule has 0 saturated heterocycles. The van der Waals surface area contributed by atoms with Gasteiger partial charge in [0.05, 0.1) is 16.8 Å². The third-order valence-corrected chi connectivity index (χ3v) is 2.31. The molecule has 2 rings (SSSR count). The van der Waals surface area contributed by atoms with Crippen molar-refractivity contribution in [1.29, 1.82) is 0 Å². The molecule has 2 aromatic rings. The average molecular weight is 277 g/mol. The maximum atomic E-state index is 13.1. The van der Waals surface area contributed by atoms with Gasteiger partial charge in [0, 0.05) is 18.3 Å². The van der Waals surface area contributed by atoms with E-state index in [0.717, 1.165) is 18.2 Å². The molecule has 0 radical (unpaired) electrons. The van der Waals surface area contributed by atoms with E-state index in [1.807, 2.05) is 0 Å². The Morgan fingerprint density at radius 3 is 2.70 bits per heavy atom. The van der Waals surface area contributed by atoms with Gasteiger partial charge in [-0.25, -0.2) is 14.2 Å². The summed E-state index contributed by atoms with van der Waals surface area (Å²) in [4.78, 5) is 29.3. The number of carbonyl (C=O) groups is 1. The Morgan fingerprint density at radius 1 is 1.35 bits per heavy atom. The second-order valence-electron chi connectivity index (χ2n) is 3.80. The first-order valence-electron chi connectivity index (χ1n) is 5.42. The molecular weight excluding hydrogens is 269 g/mol. The number of aromatic nitrogens is 2. The second kappa shape index (κ2) is 5.39. The quantitative estimate of drug-likeness (QED) is 0.369. The highest BCUT2D eigenvalue weighted by molar-refractivity contribution is 5.89. The Kier molecular flexibility index (Phi) is 3.65. The fourth-order valence-corrected chi connectivity index (χ4v) is 1.37. The third kappa shape index (κ3) is 2.91. The molecule has 1 heterocycles. The molecule has 0 unspecified atom stereocenters. The van der Waals surface area contributed by atoms with Crippen LogP contribution in [0.15, 0.2) is 30.6 Å². The summed E-state index contributed by atoms with van der Waals surface area (Å²) in [5.74, 6) is -2.19. The van der Waals surface area contributed by atoms with Gasteiger partial charge in [0.2, 0.25) is 5.75 Å². The number of aryl methyl sites for hydroxylation is 1. The number of rotatable bonds is 3. The summed E-state index contributed by atoms with van der Waals surface area (Å²) in [6.07, 6.45) is 2.51. The van der Waals surface area contributed by atoms with E-state index in [-0.39, 0.29) is 5.69 Å². The van der Waals surface area contributed by atoms with E-state index in [2.05, 4.69) is 9.97 Å². The summed E-state index contributed by atoms with van der Waals surface area (Å²) in [6.45, 7) is 1.68. The maximum absolute atomic E-state index is 13.1. The Hall–Kier alpha value is -2.90. The molecule has 0 bridgehead atoms. The lowest BCUT2D eigenvalue weighted by Crippen LogP contribution is -2.12. The van der Waals surface area contributed by atoms with Gasteiger partial charge in [0.15, 0.2) is 5.69 Å². The topological polar surface area (TPSA) is 95.2 Å². The zero-order valence-electron chi connectivity index (χ0n) is 10.2. The maximum Gasteiger partial charge on any atom is 0.364 e.